The van der Waals surface area contributed by atoms with Crippen molar-refractivity contribution in [2.45, 2.75) is 56.7 Å². The fourth-order valence-corrected chi connectivity index (χ4v) is 3.83. The minimum absolute atomic E-state index is 0.183. The molecule has 2 fully saturated rings. The molecule has 20 heavy (non-hydrogen) atoms. The Morgan fingerprint density at radius 1 is 1.15 bits per heavy atom. The molecule has 1 atom stereocenters. The van der Waals surface area contributed by atoms with Crippen molar-refractivity contribution in [1.82, 2.24) is 0 Å². The summed E-state index contributed by atoms with van der Waals surface area (Å²) < 4.78 is 6.34. The highest BCUT2D eigenvalue weighted by atomic mass is 35.5. The molecule has 1 aliphatic carbocycles. The Hall–Kier alpha value is -0.440. The number of hydrogen-bond donors (Lipinski definition) is 1. The average molecular weight is 314 g/mol. The van der Waals surface area contributed by atoms with Gasteiger partial charge < -0.3 is 10.1 Å². The molecule has 0 radical (unpaired) electrons. The zero-order valence-corrected chi connectivity index (χ0v) is 13.1. The first-order valence-electron chi connectivity index (χ1n) is 7.54. The molecular formula is C16H21Cl2NO. The Morgan fingerprint density at radius 2 is 1.95 bits per heavy atom. The molecule has 1 aromatic rings. The fourth-order valence-electron chi connectivity index (χ4n) is 3.47. The van der Waals surface area contributed by atoms with Gasteiger partial charge in [-0.3, -0.25) is 0 Å². The normalized spacial score (nSPS) is 25.0. The minimum atomic E-state index is 0.183. The van der Waals surface area contributed by atoms with Crippen LogP contribution < -0.4 is 5.32 Å². The van der Waals surface area contributed by atoms with E-state index in [2.05, 4.69) is 5.32 Å². The highest BCUT2D eigenvalue weighted by Gasteiger charge is 2.40. The SMILES string of the molecule is Clc1cccc(NCC2CCC3(CCCCC3)O2)c1Cl. The van der Waals surface area contributed by atoms with Crippen LogP contribution in [-0.2, 0) is 4.74 Å². The van der Waals surface area contributed by atoms with E-state index in [-0.39, 0.29) is 5.60 Å². The minimum Gasteiger partial charge on any atom is -0.381 e. The quantitative estimate of drug-likeness (QED) is 0.819. The van der Waals surface area contributed by atoms with Crippen LogP contribution in [0.15, 0.2) is 18.2 Å². The van der Waals surface area contributed by atoms with Crippen molar-refractivity contribution in [1.29, 1.82) is 0 Å². The van der Waals surface area contributed by atoms with Crippen LogP contribution in [0.2, 0.25) is 10.0 Å². The Bertz CT molecular complexity index is 472. The van der Waals surface area contributed by atoms with Crippen LogP contribution in [0.4, 0.5) is 5.69 Å². The summed E-state index contributed by atoms with van der Waals surface area (Å²) >= 11 is 12.2. The van der Waals surface area contributed by atoms with Gasteiger partial charge >= 0.3 is 0 Å². The van der Waals surface area contributed by atoms with Crippen LogP contribution in [-0.4, -0.2) is 18.2 Å². The Morgan fingerprint density at radius 3 is 2.75 bits per heavy atom. The lowest BCUT2D eigenvalue weighted by atomic mass is 9.83. The van der Waals surface area contributed by atoms with Crippen LogP contribution in [0.5, 0.6) is 0 Å². The van der Waals surface area contributed by atoms with Gasteiger partial charge in [-0.25, -0.2) is 0 Å². The van der Waals surface area contributed by atoms with E-state index in [0.717, 1.165) is 18.7 Å². The molecule has 0 bridgehead atoms. The summed E-state index contributed by atoms with van der Waals surface area (Å²) in [5, 5.41) is 4.56. The summed E-state index contributed by atoms with van der Waals surface area (Å²) in [7, 11) is 0. The number of ether oxygens (including phenoxy) is 1. The standard InChI is InChI=1S/C16H21Cl2NO/c17-13-5-4-6-14(15(13)18)19-11-12-7-10-16(20-12)8-2-1-3-9-16/h4-6,12,19H,1-3,7-11H2. The lowest BCUT2D eigenvalue weighted by Gasteiger charge is -2.33. The number of benzene rings is 1. The first kappa shape index (κ1) is 14.5. The summed E-state index contributed by atoms with van der Waals surface area (Å²) in [6, 6.07) is 5.67. The average Bonchev–Trinajstić information content (AvgIpc) is 2.84. The number of hydrogen-bond acceptors (Lipinski definition) is 2. The third-order valence-corrected chi connectivity index (χ3v) is 5.39. The van der Waals surface area contributed by atoms with E-state index < -0.39 is 0 Å². The van der Waals surface area contributed by atoms with Crippen molar-refractivity contribution in [2.75, 3.05) is 11.9 Å². The lowest BCUT2D eigenvalue weighted by Crippen LogP contribution is -2.33. The summed E-state index contributed by atoms with van der Waals surface area (Å²) in [5.74, 6) is 0. The fraction of sp³-hybridized carbons (Fsp3) is 0.625. The van der Waals surface area contributed by atoms with Gasteiger partial charge in [0.1, 0.15) is 0 Å². The van der Waals surface area contributed by atoms with E-state index in [0.29, 0.717) is 16.1 Å². The predicted molar refractivity (Wildman–Crippen MR) is 84.9 cm³/mol. The summed E-state index contributed by atoms with van der Waals surface area (Å²) in [5.41, 5.74) is 1.08. The van der Waals surface area contributed by atoms with Gasteiger partial charge in [0.05, 0.1) is 27.4 Å². The van der Waals surface area contributed by atoms with Gasteiger partial charge in [0, 0.05) is 6.54 Å². The maximum absolute atomic E-state index is 6.34. The molecule has 0 amide bonds. The van der Waals surface area contributed by atoms with Crippen LogP contribution in [0, 0.1) is 0 Å². The summed E-state index contributed by atoms with van der Waals surface area (Å²) in [6.07, 6.45) is 9.13. The van der Waals surface area contributed by atoms with E-state index in [4.69, 9.17) is 27.9 Å². The van der Waals surface area contributed by atoms with Crippen molar-refractivity contribution in [3.63, 3.8) is 0 Å². The van der Waals surface area contributed by atoms with Gasteiger partial charge in [-0.2, -0.15) is 0 Å². The van der Waals surface area contributed by atoms with Gasteiger partial charge in [0.15, 0.2) is 0 Å². The van der Waals surface area contributed by atoms with E-state index in [9.17, 15) is 0 Å². The van der Waals surface area contributed by atoms with Crippen molar-refractivity contribution in [3.05, 3.63) is 28.2 Å². The lowest BCUT2D eigenvalue weighted by molar-refractivity contribution is -0.0588. The van der Waals surface area contributed by atoms with Gasteiger partial charge in [-0.15, -0.1) is 0 Å². The van der Waals surface area contributed by atoms with Gasteiger partial charge in [-0.1, -0.05) is 48.5 Å². The molecule has 1 saturated carbocycles. The number of rotatable bonds is 3. The molecule has 1 saturated heterocycles. The van der Waals surface area contributed by atoms with Crippen molar-refractivity contribution in [2.24, 2.45) is 0 Å². The highest BCUT2D eigenvalue weighted by molar-refractivity contribution is 6.43. The molecule has 3 rings (SSSR count). The maximum Gasteiger partial charge on any atom is 0.0823 e. The first-order chi connectivity index (χ1) is 9.69. The second-order valence-corrected chi connectivity index (χ2v) is 6.79. The van der Waals surface area contributed by atoms with Crippen LogP contribution in [0.3, 0.4) is 0 Å². The molecule has 1 unspecified atom stereocenters. The maximum atomic E-state index is 6.34. The topological polar surface area (TPSA) is 21.3 Å². The van der Waals surface area contributed by atoms with Crippen molar-refractivity contribution < 1.29 is 4.74 Å². The van der Waals surface area contributed by atoms with Gasteiger partial charge in [0.2, 0.25) is 0 Å². The van der Waals surface area contributed by atoms with Crippen LogP contribution >= 0.6 is 23.2 Å². The van der Waals surface area contributed by atoms with E-state index in [1.165, 1.54) is 38.5 Å². The van der Waals surface area contributed by atoms with E-state index >= 15 is 0 Å². The number of anilines is 1. The van der Waals surface area contributed by atoms with Crippen LogP contribution in [0.1, 0.15) is 44.9 Å². The number of nitrogens with one attached hydrogen (secondary N) is 1. The predicted octanol–water partition coefficient (Wildman–Crippen LogP) is 5.29. The molecule has 4 heteroatoms. The molecule has 0 aromatic heterocycles. The smallest absolute Gasteiger partial charge is 0.0823 e. The highest BCUT2D eigenvalue weighted by Crippen LogP contribution is 2.42. The summed E-state index contributed by atoms with van der Waals surface area (Å²) in [4.78, 5) is 0. The Balaban J connectivity index is 1.56. The molecule has 2 aliphatic rings. The molecule has 1 heterocycles. The third-order valence-electron chi connectivity index (χ3n) is 4.58. The largest absolute Gasteiger partial charge is 0.381 e. The Kier molecular flexibility index (Phi) is 4.44. The van der Waals surface area contributed by atoms with Crippen molar-refractivity contribution >= 4 is 28.9 Å². The number of halogens is 2. The first-order valence-corrected chi connectivity index (χ1v) is 8.30. The third kappa shape index (κ3) is 3.08. The Labute approximate surface area is 130 Å². The van der Waals surface area contributed by atoms with E-state index in [1.807, 2.05) is 12.1 Å². The molecule has 1 N–H and O–H groups in total. The molecule has 110 valence electrons. The molecular weight excluding hydrogens is 293 g/mol. The molecule has 1 aliphatic heterocycles. The van der Waals surface area contributed by atoms with Gasteiger partial charge in [-0.05, 0) is 37.8 Å². The van der Waals surface area contributed by atoms with E-state index in [1.54, 1.807) is 6.07 Å². The molecule has 1 aromatic carbocycles. The van der Waals surface area contributed by atoms with Gasteiger partial charge in [0.25, 0.3) is 0 Å². The van der Waals surface area contributed by atoms with Crippen LogP contribution in [0.25, 0.3) is 0 Å². The zero-order chi connectivity index (χ0) is 14.0. The monoisotopic (exact) mass is 313 g/mol. The second-order valence-electron chi connectivity index (χ2n) is 6.00. The second kappa shape index (κ2) is 6.13. The molecule has 1 spiro atoms. The van der Waals surface area contributed by atoms with Crippen molar-refractivity contribution in [3.8, 4) is 0 Å². The molecule has 2 nitrogen and oxygen atoms in total. The summed E-state index contributed by atoms with van der Waals surface area (Å²) in [6.45, 7) is 0.807. The zero-order valence-electron chi connectivity index (χ0n) is 11.6.